The largest absolute Gasteiger partial charge is 0.467 e. The molecule has 0 aliphatic rings. The summed E-state index contributed by atoms with van der Waals surface area (Å²) in [5, 5.41) is 8.76. The average Bonchev–Trinajstić information content (AvgIpc) is 2.99. The first-order valence-corrected chi connectivity index (χ1v) is 16.8. The van der Waals surface area contributed by atoms with Gasteiger partial charge in [0.1, 0.15) is 11.4 Å². The van der Waals surface area contributed by atoms with Crippen molar-refractivity contribution in [1.29, 1.82) is 0 Å². The highest BCUT2D eigenvalue weighted by atomic mass is 32.2. The number of alkyl carbamates (subject to hydrolysis) is 1. The number of nitrogens with zero attached hydrogens (tertiary/aromatic N) is 1. The average molecular weight is 671 g/mol. The molecule has 0 bridgehead atoms. The number of methoxy groups -OCH3 is 1. The molecule has 0 fully saturated rings. The van der Waals surface area contributed by atoms with E-state index in [1.54, 1.807) is 52.0 Å². The molecule has 0 heterocycles. The Bertz CT molecular complexity index is 1660. The molecule has 0 aliphatic heterocycles. The van der Waals surface area contributed by atoms with Gasteiger partial charge in [0.2, 0.25) is 10.0 Å². The van der Waals surface area contributed by atoms with Gasteiger partial charge in [0, 0.05) is 32.1 Å². The number of nitrogens with one attached hydrogen (secondary N) is 3. The van der Waals surface area contributed by atoms with Crippen LogP contribution in [0.5, 0.6) is 0 Å². The number of anilines is 1. The predicted octanol–water partition coefficient (Wildman–Crippen LogP) is 4.48. The number of amides is 2. The molecule has 3 aromatic rings. The van der Waals surface area contributed by atoms with E-state index in [1.807, 2.05) is 30.3 Å². The van der Waals surface area contributed by atoms with Gasteiger partial charge < -0.3 is 25.4 Å². The Morgan fingerprint density at radius 2 is 1.60 bits per heavy atom. The number of benzene rings is 3. The predicted molar refractivity (Wildman–Crippen MR) is 178 cm³/mol. The summed E-state index contributed by atoms with van der Waals surface area (Å²) in [4.78, 5) is 39.7. The first-order chi connectivity index (χ1) is 21.9. The van der Waals surface area contributed by atoms with Crippen LogP contribution in [0.4, 0.5) is 14.9 Å². The van der Waals surface area contributed by atoms with Crippen molar-refractivity contribution in [2.45, 2.75) is 57.8 Å². The van der Waals surface area contributed by atoms with Gasteiger partial charge in [-0.1, -0.05) is 42.5 Å². The van der Waals surface area contributed by atoms with Crippen LogP contribution in [0.15, 0.2) is 72.8 Å². The summed E-state index contributed by atoms with van der Waals surface area (Å²) in [7, 11) is -1.09. The van der Waals surface area contributed by atoms with Crippen molar-refractivity contribution >= 4 is 33.7 Å². The summed E-state index contributed by atoms with van der Waals surface area (Å²) in [6, 6.07) is 19.0. The molecular weight excluding hydrogens is 627 g/mol. The molecule has 0 unspecified atom stereocenters. The van der Waals surface area contributed by atoms with Crippen molar-refractivity contribution in [3.63, 3.8) is 0 Å². The van der Waals surface area contributed by atoms with Crippen LogP contribution in [0.1, 0.15) is 60.8 Å². The minimum atomic E-state index is -3.68. The smallest absolute Gasteiger partial charge is 0.408 e. The highest BCUT2D eigenvalue weighted by molar-refractivity contribution is 7.92. The zero-order valence-corrected chi connectivity index (χ0v) is 28.5. The minimum Gasteiger partial charge on any atom is -0.467 e. The maximum atomic E-state index is 13.4. The van der Waals surface area contributed by atoms with E-state index in [-0.39, 0.29) is 30.8 Å². The molecule has 0 radical (unpaired) electrons. The van der Waals surface area contributed by atoms with Crippen molar-refractivity contribution < 1.29 is 36.7 Å². The number of hydrogen-bond donors (Lipinski definition) is 3. The van der Waals surface area contributed by atoms with Gasteiger partial charge >= 0.3 is 12.1 Å². The third kappa shape index (κ3) is 10.8. The molecule has 3 aromatic carbocycles. The van der Waals surface area contributed by atoms with Gasteiger partial charge in [-0.25, -0.2) is 22.4 Å². The summed E-state index contributed by atoms with van der Waals surface area (Å²) in [6.07, 6.45) is 0.301. The summed E-state index contributed by atoms with van der Waals surface area (Å²) in [6.45, 7) is 6.83. The number of carbonyl (C=O) groups is 3. The number of sulfonamides is 1. The molecule has 254 valence electrons. The van der Waals surface area contributed by atoms with Crippen molar-refractivity contribution in [2.75, 3.05) is 31.3 Å². The van der Waals surface area contributed by atoms with E-state index in [4.69, 9.17) is 9.47 Å². The van der Waals surface area contributed by atoms with Crippen LogP contribution < -0.4 is 20.3 Å². The highest BCUT2D eigenvalue weighted by Crippen LogP contribution is 2.23. The fourth-order valence-electron chi connectivity index (χ4n) is 4.80. The van der Waals surface area contributed by atoms with E-state index in [0.29, 0.717) is 11.1 Å². The van der Waals surface area contributed by atoms with Gasteiger partial charge in [-0.2, -0.15) is 0 Å². The van der Waals surface area contributed by atoms with Gasteiger partial charge in [-0.3, -0.25) is 9.10 Å². The number of carbonyl (C=O) groups excluding carboxylic acids is 3. The Hall–Kier alpha value is -4.49. The third-order valence-electron chi connectivity index (χ3n) is 7.24. The van der Waals surface area contributed by atoms with Gasteiger partial charge in [-0.05, 0) is 74.7 Å². The molecule has 13 heteroatoms. The van der Waals surface area contributed by atoms with Crippen molar-refractivity contribution in [3.8, 4) is 0 Å². The van der Waals surface area contributed by atoms with Gasteiger partial charge in [0.25, 0.3) is 5.91 Å². The van der Waals surface area contributed by atoms with E-state index in [1.165, 1.54) is 32.4 Å². The third-order valence-corrected chi connectivity index (χ3v) is 8.45. The molecule has 0 aliphatic carbocycles. The molecule has 0 spiro atoms. The second-order valence-electron chi connectivity index (χ2n) is 12.3. The number of hydrogen-bond acceptors (Lipinski definition) is 8. The van der Waals surface area contributed by atoms with E-state index in [9.17, 15) is 27.2 Å². The molecule has 0 aromatic heterocycles. The summed E-state index contributed by atoms with van der Waals surface area (Å²) in [5.41, 5.74) is -0.0505. The number of rotatable bonds is 13. The van der Waals surface area contributed by atoms with Crippen LogP contribution >= 0.6 is 0 Å². The first kappa shape index (κ1) is 37.0. The van der Waals surface area contributed by atoms with Crippen molar-refractivity contribution in [3.05, 3.63) is 101 Å². The van der Waals surface area contributed by atoms with E-state index in [2.05, 4.69) is 16.0 Å². The maximum Gasteiger partial charge on any atom is 0.408 e. The topological polar surface area (TPSA) is 143 Å². The SMILES string of the molecule is COC(=O)[C@](CNCc1cc(C(=O)N[C@H](C)c2ccc(F)cc2)cc(N(C)S(C)(=O)=O)c1)(Cc1ccccc1)NC(=O)OC(C)(C)C. The van der Waals surface area contributed by atoms with Crippen LogP contribution in [0, 0.1) is 5.82 Å². The Morgan fingerprint density at radius 3 is 2.17 bits per heavy atom. The zero-order valence-electron chi connectivity index (χ0n) is 27.7. The summed E-state index contributed by atoms with van der Waals surface area (Å²) >= 11 is 0. The second-order valence-corrected chi connectivity index (χ2v) is 14.3. The Balaban J connectivity index is 1.94. The number of halogens is 1. The van der Waals surface area contributed by atoms with Gasteiger partial charge in [-0.15, -0.1) is 0 Å². The van der Waals surface area contributed by atoms with Gasteiger partial charge in [0.15, 0.2) is 5.54 Å². The van der Waals surface area contributed by atoms with E-state index in [0.717, 1.165) is 16.1 Å². The van der Waals surface area contributed by atoms with Crippen molar-refractivity contribution in [2.24, 2.45) is 0 Å². The molecule has 11 nitrogen and oxygen atoms in total. The standard InChI is InChI=1S/C34H43FN4O7S/c1-23(26-13-15-28(35)16-14-26)37-30(40)27-17-25(18-29(19-27)39(5)47(7,43)44)21-36-22-34(31(41)45-6,20-24-11-9-8-10-12-24)38-32(42)46-33(2,3)4/h8-19,23,36H,20-22H2,1-7H3,(H,37,40)(H,38,42)/t23-,34-/m1/s1. The lowest BCUT2D eigenvalue weighted by Crippen LogP contribution is -2.62. The number of esters is 1. The molecular formula is C34H43FN4O7S. The minimum absolute atomic E-state index is 0.0680. The number of ether oxygens (including phenoxy) is 2. The zero-order chi connectivity index (χ0) is 35.0. The monoisotopic (exact) mass is 670 g/mol. The normalized spacial score (nSPS) is 13.5. The molecule has 2 amide bonds. The quantitative estimate of drug-likeness (QED) is 0.226. The summed E-state index contributed by atoms with van der Waals surface area (Å²) in [5.74, 6) is -1.59. The lowest BCUT2D eigenvalue weighted by atomic mass is 9.90. The van der Waals surface area contributed by atoms with Crippen LogP contribution in [-0.4, -0.2) is 64.5 Å². The molecule has 47 heavy (non-hydrogen) atoms. The van der Waals surface area contributed by atoms with Crippen LogP contribution in [0.3, 0.4) is 0 Å². The lowest BCUT2D eigenvalue weighted by Gasteiger charge is -2.33. The lowest BCUT2D eigenvalue weighted by molar-refractivity contribution is -0.148. The molecule has 2 atom stereocenters. The molecule has 0 saturated heterocycles. The fourth-order valence-corrected chi connectivity index (χ4v) is 5.29. The molecule has 3 rings (SSSR count). The molecule has 0 saturated carbocycles. The highest BCUT2D eigenvalue weighted by Gasteiger charge is 2.42. The van der Waals surface area contributed by atoms with Crippen LogP contribution in [-0.2, 0) is 37.3 Å². The second kappa shape index (κ2) is 15.4. The Kier molecular flexibility index (Phi) is 12.1. The fraction of sp³-hybridized carbons (Fsp3) is 0.382. The first-order valence-electron chi connectivity index (χ1n) is 14.9. The summed E-state index contributed by atoms with van der Waals surface area (Å²) < 4.78 is 49.9. The van der Waals surface area contributed by atoms with Gasteiger partial charge in [0.05, 0.1) is 25.1 Å². The molecule has 3 N–H and O–H groups in total. The van der Waals surface area contributed by atoms with Crippen molar-refractivity contribution in [1.82, 2.24) is 16.0 Å². The Morgan fingerprint density at radius 1 is 0.957 bits per heavy atom. The van der Waals surface area contributed by atoms with Crippen LogP contribution in [0.25, 0.3) is 0 Å². The van der Waals surface area contributed by atoms with Crippen LogP contribution in [0.2, 0.25) is 0 Å². The maximum absolute atomic E-state index is 13.4. The Labute approximate surface area is 275 Å². The van der Waals surface area contributed by atoms with E-state index >= 15 is 0 Å². The van der Waals surface area contributed by atoms with E-state index < -0.39 is 51.0 Å².